The van der Waals surface area contributed by atoms with Crippen molar-refractivity contribution in [3.8, 4) is 0 Å². The molecule has 0 atom stereocenters. The summed E-state index contributed by atoms with van der Waals surface area (Å²) < 4.78 is 4.77. The third-order valence-electron chi connectivity index (χ3n) is 1.36. The van der Waals surface area contributed by atoms with Crippen LogP contribution in [0.1, 0.15) is 40.5 Å². The largest absolute Gasteiger partial charge is 0.463 e. The average molecular weight is 265 g/mol. The van der Waals surface area contributed by atoms with Gasteiger partial charge in [-0.3, -0.25) is 0 Å². The molecule has 3 heteroatoms. The van der Waals surface area contributed by atoms with E-state index < -0.39 is 0 Å². The lowest BCUT2D eigenvalue weighted by Crippen LogP contribution is -2.00. The first-order valence-corrected chi connectivity index (χ1v) is 6.22. The zero-order valence-corrected chi connectivity index (χ0v) is 11.2. The minimum Gasteiger partial charge on any atom is -0.463 e. The molecule has 0 unspecified atom stereocenters. The lowest BCUT2D eigenvalue weighted by molar-refractivity contribution is -0.137. The molecule has 0 radical (unpaired) electrons. The molecule has 0 aliphatic heterocycles. The number of halogens is 1. The van der Waals surface area contributed by atoms with Crippen LogP contribution < -0.4 is 0 Å². The van der Waals surface area contributed by atoms with E-state index in [4.69, 9.17) is 4.74 Å². The SMILES string of the molecule is CC.CCOC(=O)/C=C(\C)CCCBr. The first-order valence-electron chi connectivity index (χ1n) is 5.10. The number of carbonyl (C=O) groups is 1. The van der Waals surface area contributed by atoms with Gasteiger partial charge in [-0.2, -0.15) is 0 Å². The van der Waals surface area contributed by atoms with Crippen molar-refractivity contribution in [3.63, 3.8) is 0 Å². The van der Waals surface area contributed by atoms with E-state index in [1.807, 2.05) is 20.8 Å². The van der Waals surface area contributed by atoms with Gasteiger partial charge < -0.3 is 4.74 Å². The van der Waals surface area contributed by atoms with Gasteiger partial charge >= 0.3 is 5.97 Å². The number of hydrogen-bond donors (Lipinski definition) is 0. The van der Waals surface area contributed by atoms with Gasteiger partial charge in [0.05, 0.1) is 6.61 Å². The van der Waals surface area contributed by atoms with E-state index in [2.05, 4.69) is 15.9 Å². The van der Waals surface area contributed by atoms with E-state index in [0.29, 0.717) is 6.61 Å². The van der Waals surface area contributed by atoms with Gasteiger partial charge in [-0.1, -0.05) is 35.4 Å². The third-order valence-corrected chi connectivity index (χ3v) is 1.92. The monoisotopic (exact) mass is 264 g/mol. The molecule has 0 aliphatic rings. The fourth-order valence-corrected chi connectivity index (χ4v) is 1.08. The first-order chi connectivity index (χ1) is 6.70. The van der Waals surface area contributed by atoms with E-state index in [9.17, 15) is 4.79 Å². The van der Waals surface area contributed by atoms with E-state index >= 15 is 0 Å². The van der Waals surface area contributed by atoms with Crippen LogP contribution in [0.4, 0.5) is 0 Å². The lowest BCUT2D eigenvalue weighted by atomic mass is 10.2. The number of esters is 1. The molecule has 0 N–H and O–H groups in total. The summed E-state index contributed by atoms with van der Waals surface area (Å²) in [5.41, 5.74) is 1.08. The maximum Gasteiger partial charge on any atom is 0.330 e. The van der Waals surface area contributed by atoms with Crippen LogP contribution in [-0.4, -0.2) is 17.9 Å². The number of allylic oxidation sites excluding steroid dienone is 1. The van der Waals surface area contributed by atoms with Crippen molar-refractivity contribution in [2.45, 2.75) is 40.5 Å². The molecule has 0 heterocycles. The van der Waals surface area contributed by atoms with Crippen molar-refractivity contribution in [1.82, 2.24) is 0 Å². The van der Waals surface area contributed by atoms with E-state index in [0.717, 1.165) is 23.7 Å². The predicted molar refractivity (Wildman–Crippen MR) is 64.8 cm³/mol. The number of hydrogen-bond acceptors (Lipinski definition) is 2. The fourth-order valence-electron chi connectivity index (χ4n) is 0.803. The molecule has 0 aromatic rings. The molecule has 2 nitrogen and oxygen atoms in total. The van der Waals surface area contributed by atoms with Crippen LogP contribution >= 0.6 is 15.9 Å². The quantitative estimate of drug-likeness (QED) is 0.430. The highest BCUT2D eigenvalue weighted by molar-refractivity contribution is 9.09. The van der Waals surface area contributed by atoms with Crippen molar-refractivity contribution in [2.24, 2.45) is 0 Å². The van der Waals surface area contributed by atoms with Gasteiger partial charge in [0.2, 0.25) is 0 Å². The number of alkyl halides is 1. The third kappa shape index (κ3) is 11.7. The Morgan fingerprint density at radius 1 is 1.43 bits per heavy atom. The standard InChI is InChI=1S/C9H15BrO2.C2H6/c1-3-12-9(11)7-8(2)5-4-6-10;1-2/h7H,3-6H2,1-2H3;1-2H3/b8-7+;. The molecule has 0 aliphatic carbocycles. The van der Waals surface area contributed by atoms with Crippen LogP contribution in [-0.2, 0) is 9.53 Å². The Morgan fingerprint density at radius 2 is 2.00 bits per heavy atom. The number of carbonyl (C=O) groups excluding carboxylic acids is 1. The summed E-state index contributed by atoms with van der Waals surface area (Å²) in [6, 6.07) is 0. The molecule has 0 amide bonds. The smallest absolute Gasteiger partial charge is 0.330 e. The van der Waals surface area contributed by atoms with Gasteiger partial charge in [0, 0.05) is 11.4 Å². The van der Waals surface area contributed by atoms with Gasteiger partial charge in [-0.25, -0.2) is 4.79 Å². The van der Waals surface area contributed by atoms with Crippen LogP contribution in [0.15, 0.2) is 11.6 Å². The molecule has 14 heavy (non-hydrogen) atoms. The molecule has 0 fully saturated rings. The van der Waals surface area contributed by atoms with Gasteiger partial charge in [0.1, 0.15) is 0 Å². The van der Waals surface area contributed by atoms with Crippen LogP contribution in [0.5, 0.6) is 0 Å². The Hall–Kier alpha value is -0.310. The van der Waals surface area contributed by atoms with Crippen molar-refractivity contribution in [1.29, 1.82) is 0 Å². The molecule has 0 aromatic carbocycles. The van der Waals surface area contributed by atoms with Crippen molar-refractivity contribution < 1.29 is 9.53 Å². The molecule has 0 saturated heterocycles. The fraction of sp³-hybridized carbons (Fsp3) is 0.727. The summed E-state index contributed by atoms with van der Waals surface area (Å²) in [6.45, 7) is 8.19. The Balaban J connectivity index is 0. The Labute approximate surface area is 95.8 Å². The Bertz CT molecular complexity index is 165. The minimum absolute atomic E-state index is 0.232. The highest BCUT2D eigenvalue weighted by Crippen LogP contribution is 2.05. The van der Waals surface area contributed by atoms with E-state index in [-0.39, 0.29) is 5.97 Å². The topological polar surface area (TPSA) is 26.3 Å². The molecule has 0 spiro atoms. The molecular formula is C11H21BrO2. The van der Waals surface area contributed by atoms with E-state index in [1.165, 1.54) is 0 Å². The summed E-state index contributed by atoms with van der Waals surface area (Å²) in [6.07, 6.45) is 3.57. The number of ether oxygens (including phenoxy) is 1. The summed E-state index contributed by atoms with van der Waals surface area (Å²) in [7, 11) is 0. The Kier molecular flexibility index (Phi) is 14.6. The second-order valence-electron chi connectivity index (χ2n) is 2.54. The van der Waals surface area contributed by atoms with Crippen LogP contribution in [0.2, 0.25) is 0 Å². The molecule has 0 aromatic heterocycles. The molecule has 0 saturated carbocycles. The maximum atomic E-state index is 10.9. The van der Waals surface area contributed by atoms with Crippen LogP contribution in [0.25, 0.3) is 0 Å². The van der Waals surface area contributed by atoms with Crippen LogP contribution in [0.3, 0.4) is 0 Å². The van der Waals surface area contributed by atoms with Gasteiger partial charge in [-0.05, 0) is 26.7 Å². The Morgan fingerprint density at radius 3 is 2.43 bits per heavy atom. The first kappa shape index (κ1) is 16.1. The average Bonchev–Trinajstić information content (AvgIpc) is 2.18. The zero-order chi connectivity index (χ0) is 11.4. The summed E-state index contributed by atoms with van der Waals surface area (Å²) in [5, 5.41) is 0.973. The second-order valence-corrected chi connectivity index (χ2v) is 3.33. The second kappa shape index (κ2) is 12.7. The van der Waals surface area contributed by atoms with Gasteiger partial charge in [0.25, 0.3) is 0 Å². The maximum absolute atomic E-state index is 10.9. The van der Waals surface area contributed by atoms with Gasteiger partial charge in [0.15, 0.2) is 0 Å². The van der Waals surface area contributed by atoms with Crippen molar-refractivity contribution in [3.05, 3.63) is 11.6 Å². The van der Waals surface area contributed by atoms with Crippen molar-refractivity contribution >= 4 is 21.9 Å². The minimum atomic E-state index is -0.232. The highest BCUT2D eigenvalue weighted by atomic mass is 79.9. The molecule has 0 rings (SSSR count). The highest BCUT2D eigenvalue weighted by Gasteiger charge is 1.97. The van der Waals surface area contributed by atoms with E-state index in [1.54, 1.807) is 13.0 Å². The van der Waals surface area contributed by atoms with Crippen LogP contribution in [0, 0.1) is 0 Å². The molecular weight excluding hydrogens is 244 g/mol. The predicted octanol–water partition coefficient (Wildman–Crippen LogP) is 3.70. The number of rotatable bonds is 5. The lowest BCUT2D eigenvalue weighted by Gasteiger charge is -1.99. The molecule has 0 bridgehead atoms. The summed E-state index contributed by atoms with van der Waals surface area (Å²) >= 11 is 3.33. The summed E-state index contributed by atoms with van der Waals surface area (Å²) in [4.78, 5) is 10.9. The molecule has 84 valence electrons. The summed E-state index contributed by atoms with van der Waals surface area (Å²) in [5.74, 6) is -0.232. The normalized spacial score (nSPS) is 10.2. The van der Waals surface area contributed by atoms with Gasteiger partial charge in [-0.15, -0.1) is 0 Å². The van der Waals surface area contributed by atoms with Crippen molar-refractivity contribution in [2.75, 3.05) is 11.9 Å². The zero-order valence-electron chi connectivity index (χ0n) is 9.60.